The Bertz CT molecular complexity index is 997. The lowest BCUT2D eigenvalue weighted by Crippen LogP contribution is -2.48. The third-order valence-corrected chi connectivity index (χ3v) is 6.77. The maximum Gasteiger partial charge on any atom is 0.246 e. The van der Waals surface area contributed by atoms with E-state index in [0.29, 0.717) is 32.7 Å². The highest BCUT2D eigenvalue weighted by Crippen LogP contribution is 2.18. The van der Waals surface area contributed by atoms with E-state index in [1.807, 2.05) is 42.5 Å². The van der Waals surface area contributed by atoms with Gasteiger partial charge in [-0.1, -0.05) is 30.3 Å². The summed E-state index contributed by atoms with van der Waals surface area (Å²) in [6, 6.07) is 13.9. The summed E-state index contributed by atoms with van der Waals surface area (Å²) in [4.78, 5) is 6.55. The summed E-state index contributed by atoms with van der Waals surface area (Å²) in [5.74, 6) is 0. The van der Waals surface area contributed by atoms with Gasteiger partial charge in [0.1, 0.15) is 4.90 Å². The number of piperazine rings is 1. The zero-order valence-corrected chi connectivity index (χ0v) is 16.4. The van der Waals surface area contributed by atoms with Gasteiger partial charge in [-0.2, -0.15) is 9.40 Å². The van der Waals surface area contributed by atoms with Crippen molar-refractivity contribution in [1.29, 1.82) is 0 Å². The first kappa shape index (κ1) is 18.8. The van der Waals surface area contributed by atoms with Gasteiger partial charge in [0.25, 0.3) is 0 Å². The van der Waals surface area contributed by atoms with Crippen LogP contribution in [0.4, 0.5) is 0 Å². The standard InChI is InChI=1S/C20H23N5O2S/c26-28(27,20-14-22-24(17-20)16-18-4-2-1-3-5-18)25-12-10-23(11-13-25)15-19-6-8-21-9-7-19/h1-9,14,17H,10-13,15-16H2. The predicted octanol–water partition coefficient (Wildman–Crippen LogP) is 1.83. The predicted molar refractivity (Wildman–Crippen MR) is 106 cm³/mol. The van der Waals surface area contributed by atoms with E-state index in [-0.39, 0.29) is 4.90 Å². The Morgan fingerprint density at radius 3 is 2.25 bits per heavy atom. The smallest absolute Gasteiger partial charge is 0.246 e. The van der Waals surface area contributed by atoms with Crippen molar-refractivity contribution in [1.82, 2.24) is 24.0 Å². The van der Waals surface area contributed by atoms with Gasteiger partial charge < -0.3 is 0 Å². The van der Waals surface area contributed by atoms with E-state index in [2.05, 4.69) is 15.0 Å². The molecule has 3 heterocycles. The first-order valence-corrected chi connectivity index (χ1v) is 10.7. The Hall–Kier alpha value is -2.55. The first-order valence-electron chi connectivity index (χ1n) is 9.29. The van der Waals surface area contributed by atoms with Crippen LogP contribution in [-0.4, -0.2) is 58.6 Å². The highest BCUT2D eigenvalue weighted by atomic mass is 32.2. The molecule has 0 unspecified atom stereocenters. The average Bonchev–Trinajstić information content (AvgIpc) is 3.19. The summed E-state index contributed by atoms with van der Waals surface area (Å²) in [6.07, 6.45) is 6.62. The molecule has 3 aromatic rings. The number of hydrogen-bond donors (Lipinski definition) is 0. The van der Waals surface area contributed by atoms with Gasteiger partial charge in [-0.05, 0) is 23.3 Å². The maximum absolute atomic E-state index is 13.0. The number of benzene rings is 1. The average molecular weight is 398 g/mol. The fourth-order valence-corrected chi connectivity index (χ4v) is 4.74. The summed E-state index contributed by atoms with van der Waals surface area (Å²) in [5, 5.41) is 4.24. The number of hydrogen-bond acceptors (Lipinski definition) is 5. The van der Waals surface area contributed by atoms with Crippen molar-refractivity contribution in [2.45, 2.75) is 18.0 Å². The van der Waals surface area contributed by atoms with Crippen molar-refractivity contribution in [3.05, 3.63) is 78.4 Å². The van der Waals surface area contributed by atoms with Gasteiger partial charge in [0.05, 0.1) is 12.7 Å². The molecule has 1 saturated heterocycles. The molecule has 1 aromatic carbocycles. The summed E-state index contributed by atoms with van der Waals surface area (Å²) < 4.78 is 29.2. The Kier molecular flexibility index (Phi) is 5.52. The lowest BCUT2D eigenvalue weighted by Gasteiger charge is -2.33. The van der Waals surface area contributed by atoms with E-state index in [1.165, 1.54) is 11.8 Å². The number of rotatable bonds is 6. The van der Waals surface area contributed by atoms with Gasteiger partial charge in [-0.3, -0.25) is 14.6 Å². The second kappa shape index (κ2) is 8.22. The van der Waals surface area contributed by atoms with Gasteiger partial charge >= 0.3 is 0 Å². The van der Waals surface area contributed by atoms with Gasteiger partial charge in [0.15, 0.2) is 0 Å². The third kappa shape index (κ3) is 4.30. The summed E-state index contributed by atoms with van der Waals surface area (Å²) in [5.41, 5.74) is 2.27. The van der Waals surface area contributed by atoms with Crippen molar-refractivity contribution < 1.29 is 8.42 Å². The van der Waals surface area contributed by atoms with Crippen LogP contribution in [-0.2, 0) is 23.1 Å². The molecule has 0 amide bonds. The topological polar surface area (TPSA) is 71.3 Å². The number of aromatic nitrogens is 3. The lowest BCUT2D eigenvalue weighted by atomic mass is 10.2. The Morgan fingerprint density at radius 1 is 0.857 bits per heavy atom. The fraction of sp³-hybridized carbons (Fsp3) is 0.300. The van der Waals surface area contributed by atoms with Crippen LogP contribution in [0.2, 0.25) is 0 Å². The molecular weight excluding hydrogens is 374 g/mol. The molecule has 7 nitrogen and oxygen atoms in total. The maximum atomic E-state index is 13.0. The molecule has 0 atom stereocenters. The van der Waals surface area contributed by atoms with E-state index in [9.17, 15) is 8.42 Å². The SMILES string of the molecule is O=S(=O)(c1cnn(Cc2ccccc2)c1)N1CCN(Cc2ccncc2)CC1. The summed E-state index contributed by atoms with van der Waals surface area (Å²) >= 11 is 0. The Labute approximate surface area is 165 Å². The van der Waals surface area contributed by atoms with Crippen LogP contribution in [0.5, 0.6) is 0 Å². The molecule has 1 fully saturated rings. The van der Waals surface area contributed by atoms with Crippen LogP contribution in [0.25, 0.3) is 0 Å². The van der Waals surface area contributed by atoms with E-state index in [1.54, 1.807) is 27.6 Å². The summed E-state index contributed by atoms with van der Waals surface area (Å²) in [6.45, 7) is 3.75. The van der Waals surface area contributed by atoms with E-state index < -0.39 is 10.0 Å². The van der Waals surface area contributed by atoms with Crippen LogP contribution < -0.4 is 0 Å². The van der Waals surface area contributed by atoms with Gasteiger partial charge in [-0.15, -0.1) is 0 Å². The second-order valence-electron chi connectivity index (χ2n) is 6.89. The molecular formula is C20H23N5O2S. The van der Waals surface area contributed by atoms with Gasteiger partial charge in [0, 0.05) is 51.3 Å². The quantitative estimate of drug-likeness (QED) is 0.635. The number of nitrogens with zero attached hydrogens (tertiary/aromatic N) is 5. The molecule has 0 radical (unpaired) electrons. The van der Waals surface area contributed by atoms with E-state index in [4.69, 9.17) is 0 Å². The van der Waals surface area contributed by atoms with Crippen LogP contribution in [0.1, 0.15) is 11.1 Å². The van der Waals surface area contributed by atoms with Crippen LogP contribution >= 0.6 is 0 Å². The van der Waals surface area contributed by atoms with Crippen molar-refractivity contribution in [3.8, 4) is 0 Å². The zero-order valence-electron chi connectivity index (χ0n) is 15.6. The lowest BCUT2D eigenvalue weighted by molar-refractivity contribution is 0.181. The highest BCUT2D eigenvalue weighted by molar-refractivity contribution is 7.89. The molecule has 0 bridgehead atoms. The molecule has 1 aliphatic heterocycles. The highest BCUT2D eigenvalue weighted by Gasteiger charge is 2.29. The number of pyridine rings is 1. The fourth-order valence-electron chi connectivity index (χ4n) is 3.36. The third-order valence-electron chi connectivity index (χ3n) is 4.92. The molecule has 28 heavy (non-hydrogen) atoms. The van der Waals surface area contributed by atoms with Crippen LogP contribution in [0, 0.1) is 0 Å². The molecule has 0 spiro atoms. The molecule has 2 aromatic heterocycles. The zero-order chi connectivity index (χ0) is 19.4. The Morgan fingerprint density at radius 2 is 1.54 bits per heavy atom. The molecule has 146 valence electrons. The van der Waals surface area contributed by atoms with Crippen LogP contribution in [0.3, 0.4) is 0 Å². The monoisotopic (exact) mass is 397 g/mol. The minimum atomic E-state index is -3.52. The molecule has 1 aliphatic rings. The van der Waals surface area contributed by atoms with Crippen molar-refractivity contribution in [3.63, 3.8) is 0 Å². The Balaban J connectivity index is 1.38. The first-order chi connectivity index (χ1) is 13.6. The summed E-state index contributed by atoms with van der Waals surface area (Å²) in [7, 11) is -3.52. The molecule has 8 heteroatoms. The largest absolute Gasteiger partial charge is 0.296 e. The minimum absolute atomic E-state index is 0.256. The minimum Gasteiger partial charge on any atom is -0.296 e. The molecule has 4 rings (SSSR count). The van der Waals surface area contributed by atoms with E-state index >= 15 is 0 Å². The van der Waals surface area contributed by atoms with Crippen LogP contribution in [0.15, 0.2) is 72.1 Å². The molecule has 0 aliphatic carbocycles. The van der Waals surface area contributed by atoms with E-state index in [0.717, 1.165) is 12.1 Å². The van der Waals surface area contributed by atoms with Gasteiger partial charge in [-0.25, -0.2) is 8.42 Å². The molecule has 0 saturated carbocycles. The number of sulfonamides is 1. The van der Waals surface area contributed by atoms with Crippen molar-refractivity contribution in [2.24, 2.45) is 0 Å². The normalized spacial score (nSPS) is 16.3. The van der Waals surface area contributed by atoms with Gasteiger partial charge in [0.2, 0.25) is 10.0 Å². The second-order valence-corrected chi connectivity index (χ2v) is 8.83. The molecule has 0 N–H and O–H groups in total. The van der Waals surface area contributed by atoms with Crippen molar-refractivity contribution in [2.75, 3.05) is 26.2 Å². The van der Waals surface area contributed by atoms with Crippen molar-refractivity contribution >= 4 is 10.0 Å².